The lowest BCUT2D eigenvalue weighted by Crippen LogP contribution is -2.36. The Kier molecular flexibility index (Phi) is 7.31. The number of nitrogens with zero attached hydrogens (tertiary/aromatic N) is 1. The zero-order chi connectivity index (χ0) is 25.1. The van der Waals surface area contributed by atoms with Crippen molar-refractivity contribution in [2.75, 3.05) is 33.9 Å². The van der Waals surface area contributed by atoms with E-state index < -0.39 is 0 Å². The smallest absolute Gasteiger partial charge is 0.309 e. The summed E-state index contributed by atoms with van der Waals surface area (Å²) >= 11 is 0. The Bertz CT molecular complexity index is 1160. The quantitative estimate of drug-likeness (QED) is 0.466. The van der Waals surface area contributed by atoms with Gasteiger partial charge in [-0.2, -0.15) is 0 Å². The number of carbonyl (C=O) groups excluding carboxylic acids is 2. The van der Waals surface area contributed by atoms with Crippen molar-refractivity contribution in [3.05, 3.63) is 52.3 Å². The molecule has 0 bridgehead atoms. The number of phenolic OH excluding ortho intramolecular Hbond substituents is 1. The van der Waals surface area contributed by atoms with E-state index in [2.05, 4.69) is 4.90 Å². The van der Waals surface area contributed by atoms with Crippen molar-refractivity contribution in [1.82, 2.24) is 4.90 Å². The van der Waals surface area contributed by atoms with Crippen molar-refractivity contribution in [1.29, 1.82) is 0 Å². The molecule has 0 spiro atoms. The molecule has 2 aliphatic heterocycles. The second-order valence-corrected chi connectivity index (χ2v) is 8.75. The average molecular weight is 482 g/mol. The summed E-state index contributed by atoms with van der Waals surface area (Å²) in [6.45, 7) is 5.76. The Morgan fingerprint density at radius 3 is 2.60 bits per heavy atom. The van der Waals surface area contributed by atoms with Crippen LogP contribution in [0.25, 0.3) is 6.08 Å². The van der Waals surface area contributed by atoms with Gasteiger partial charge in [0.25, 0.3) is 0 Å². The third kappa shape index (κ3) is 4.98. The number of likely N-dealkylation sites (tertiary alicyclic amines) is 1. The Morgan fingerprint density at radius 2 is 1.94 bits per heavy atom. The van der Waals surface area contributed by atoms with Crippen molar-refractivity contribution in [3.63, 3.8) is 0 Å². The van der Waals surface area contributed by atoms with E-state index in [1.807, 2.05) is 6.92 Å². The van der Waals surface area contributed by atoms with E-state index in [4.69, 9.17) is 18.9 Å². The summed E-state index contributed by atoms with van der Waals surface area (Å²) in [5, 5.41) is 10.8. The maximum absolute atomic E-state index is 13.3. The van der Waals surface area contributed by atoms with Gasteiger partial charge >= 0.3 is 5.97 Å². The van der Waals surface area contributed by atoms with Crippen LogP contribution in [0.4, 0.5) is 0 Å². The van der Waals surface area contributed by atoms with Crippen LogP contribution in [-0.4, -0.2) is 55.7 Å². The fourth-order valence-electron chi connectivity index (χ4n) is 4.62. The van der Waals surface area contributed by atoms with E-state index in [1.54, 1.807) is 51.5 Å². The lowest BCUT2D eigenvalue weighted by atomic mass is 9.95. The minimum Gasteiger partial charge on any atom is -0.507 e. The molecule has 8 heteroatoms. The van der Waals surface area contributed by atoms with E-state index in [0.717, 1.165) is 0 Å². The van der Waals surface area contributed by atoms with Gasteiger partial charge in [0.05, 0.1) is 37.9 Å². The highest BCUT2D eigenvalue weighted by Crippen LogP contribution is 2.43. The molecule has 2 heterocycles. The summed E-state index contributed by atoms with van der Waals surface area (Å²) < 4.78 is 21.9. The number of Topliss-reactive ketones (excluding diaryl/α,β-unsaturated/α-hetero) is 1. The molecule has 0 aliphatic carbocycles. The maximum Gasteiger partial charge on any atom is 0.309 e. The monoisotopic (exact) mass is 481 g/mol. The molecule has 2 aromatic rings. The Labute approximate surface area is 205 Å². The number of carbonyl (C=O) groups is 2. The fourth-order valence-corrected chi connectivity index (χ4v) is 4.62. The summed E-state index contributed by atoms with van der Waals surface area (Å²) in [6, 6.07) is 6.92. The molecule has 35 heavy (non-hydrogen) atoms. The number of hydrogen-bond acceptors (Lipinski definition) is 8. The minimum absolute atomic E-state index is 0.0878. The largest absolute Gasteiger partial charge is 0.507 e. The first-order chi connectivity index (χ1) is 16.9. The molecular weight excluding hydrogens is 450 g/mol. The maximum atomic E-state index is 13.3. The third-order valence-corrected chi connectivity index (χ3v) is 6.54. The van der Waals surface area contributed by atoms with Crippen LogP contribution in [0, 0.1) is 12.8 Å². The van der Waals surface area contributed by atoms with Crippen LogP contribution in [0.1, 0.15) is 46.8 Å². The van der Waals surface area contributed by atoms with Gasteiger partial charge < -0.3 is 24.1 Å². The number of aromatic hydroxyl groups is 1. The second kappa shape index (κ2) is 10.4. The van der Waals surface area contributed by atoms with Gasteiger partial charge in [-0.15, -0.1) is 0 Å². The molecule has 0 aromatic heterocycles. The van der Waals surface area contributed by atoms with Crippen molar-refractivity contribution in [2.45, 2.75) is 33.2 Å². The summed E-state index contributed by atoms with van der Waals surface area (Å²) in [5.41, 5.74) is 2.35. The third-order valence-electron chi connectivity index (χ3n) is 6.54. The number of esters is 1. The van der Waals surface area contributed by atoms with Crippen molar-refractivity contribution in [3.8, 4) is 23.0 Å². The van der Waals surface area contributed by atoms with Crippen molar-refractivity contribution >= 4 is 17.8 Å². The standard InChI is InChI=1S/C27H31NO7/c1-5-34-27(31)17-8-10-28(11-9-17)15-20-21(29)12-16(2)24-25(30)23(35-26(20)24)13-18-6-7-19(32-3)14-22(18)33-4/h6-7,12-14,17,29H,5,8-11,15H2,1-4H3/b23-13+. The molecule has 1 saturated heterocycles. The van der Waals surface area contributed by atoms with Gasteiger partial charge in [0, 0.05) is 18.2 Å². The number of allylic oxidation sites excluding steroid dienone is 1. The molecule has 2 aliphatic rings. The minimum atomic E-state index is -0.238. The molecule has 8 nitrogen and oxygen atoms in total. The number of methoxy groups -OCH3 is 2. The molecule has 0 radical (unpaired) electrons. The zero-order valence-electron chi connectivity index (χ0n) is 20.6. The van der Waals surface area contributed by atoms with E-state index in [-0.39, 0.29) is 29.2 Å². The number of rotatable bonds is 7. The molecule has 186 valence electrons. The van der Waals surface area contributed by atoms with Gasteiger partial charge in [0.1, 0.15) is 23.0 Å². The molecule has 2 aromatic carbocycles. The van der Waals surface area contributed by atoms with Crippen LogP contribution >= 0.6 is 0 Å². The molecule has 0 atom stereocenters. The molecule has 4 rings (SSSR count). The molecular formula is C27H31NO7. The average Bonchev–Trinajstić information content (AvgIpc) is 3.18. The summed E-state index contributed by atoms with van der Waals surface area (Å²) in [6.07, 6.45) is 3.03. The number of hydrogen-bond donors (Lipinski definition) is 1. The number of aryl methyl sites for hydroxylation is 1. The van der Waals surface area contributed by atoms with Crippen LogP contribution in [0.3, 0.4) is 0 Å². The molecule has 0 unspecified atom stereocenters. The number of phenols is 1. The first kappa shape index (κ1) is 24.6. The van der Waals surface area contributed by atoms with E-state index in [1.165, 1.54) is 0 Å². The van der Waals surface area contributed by atoms with E-state index in [0.29, 0.717) is 78.6 Å². The predicted octanol–water partition coefficient (Wildman–Crippen LogP) is 4.11. The van der Waals surface area contributed by atoms with Gasteiger partial charge in [-0.25, -0.2) is 0 Å². The highest BCUT2D eigenvalue weighted by atomic mass is 16.5. The van der Waals surface area contributed by atoms with Crippen molar-refractivity contribution < 1.29 is 33.6 Å². The normalized spacial score (nSPS) is 17.3. The lowest BCUT2D eigenvalue weighted by molar-refractivity contribution is -0.149. The van der Waals surface area contributed by atoms with E-state index >= 15 is 0 Å². The van der Waals surface area contributed by atoms with Crippen LogP contribution < -0.4 is 14.2 Å². The van der Waals surface area contributed by atoms with Crippen molar-refractivity contribution in [2.24, 2.45) is 5.92 Å². The van der Waals surface area contributed by atoms with Gasteiger partial charge in [-0.3, -0.25) is 14.5 Å². The molecule has 0 amide bonds. The van der Waals surface area contributed by atoms with Gasteiger partial charge in [0.2, 0.25) is 5.78 Å². The first-order valence-corrected chi connectivity index (χ1v) is 11.8. The van der Waals surface area contributed by atoms with Gasteiger partial charge in [-0.1, -0.05) is 0 Å². The number of ketones is 1. The fraction of sp³-hybridized carbons (Fsp3) is 0.407. The van der Waals surface area contributed by atoms with Gasteiger partial charge in [-0.05, 0) is 69.6 Å². The summed E-state index contributed by atoms with van der Waals surface area (Å²) in [4.78, 5) is 27.5. The Balaban J connectivity index is 1.58. The number of fused-ring (bicyclic) bond motifs is 1. The Morgan fingerprint density at radius 1 is 1.20 bits per heavy atom. The predicted molar refractivity (Wildman–Crippen MR) is 130 cm³/mol. The summed E-state index contributed by atoms with van der Waals surface area (Å²) in [5.74, 6) is 1.34. The number of piperidine rings is 1. The SMILES string of the molecule is CCOC(=O)C1CCN(Cc2c(O)cc(C)c3c2O/C(=C/c2ccc(OC)cc2OC)C3=O)CC1. The highest BCUT2D eigenvalue weighted by molar-refractivity contribution is 6.16. The topological polar surface area (TPSA) is 94.5 Å². The lowest BCUT2D eigenvalue weighted by Gasteiger charge is -2.31. The molecule has 1 N–H and O–H groups in total. The molecule has 1 fully saturated rings. The zero-order valence-corrected chi connectivity index (χ0v) is 20.6. The van der Waals surface area contributed by atoms with Crippen LogP contribution in [0.15, 0.2) is 30.0 Å². The van der Waals surface area contributed by atoms with Crippen LogP contribution in [0.5, 0.6) is 23.0 Å². The van der Waals surface area contributed by atoms with Crippen LogP contribution in [0.2, 0.25) is 0 Å². The number of benzene rings is 2. The number of ether oxygens (including phenoxy) is 4. The molecule has 0 saturated carbocycles. The second-order valence-electron chi connectivity index (χ2n) is 8.75. The summed E-state index contributed by atoms with van der Waals surface area (Å²) in [7, 11) is 3.12. The van der Waals surface area contributed by atoms with Crippen LogP contribution in [-0.2, 0) is 16.1 Å². The Hall–Kier alpha value is -3.52. The van der Waals surface area contributed by atoms with E-state index in [9.17, 15) is 14.7 Å². The first-order valence-electron chi connectivity index (χ1n) is 11.8. The van der Waals surface area contributed by atoms with Gasteiger partial charge in [0.15, 0.2) is 5.76 Å². The highest BCUT2D eigenvalue weighted by Gasteiger charge is 2.35.